The van der Waals surface area contributed by atoms with Gasteiger partial charge in [-0.3, -0.25) is 0 Å². The number of aliphatic hydroxyl groups is 2. The fourth-order valence-electron chi connectivity index (χ4n) is 6.56. The van der Waals surface area contributed by atoms with Crippen molar-refractivity contribution in [2.45, 2.75) is 64.6 Å². The first-order valence-corrected chi connectivity index (χ1v) is 9.38. The van der Waals surface area contributed by atoms with Crippen molar-refractivity contribution < 1.29 is 20.6 Å². The second-order valence-corrected chi connectivity index (χ2v) is 8.95. The Morgan fingerprint density at radius 1 is 1.04 bits per heavy atom. The molecule has 7 atom stereocenters. The quantitative estimate of drug-likeness (QED) is 0.399. The molecule has 4 N–H and O–H groups in total. The second-order valence-electron chi connectivity index (χ2n) is 8.95. The van der Waals surface area contributed by atoms with E-state index < -0.39 is 17.6 Å². The van der Waals surface area contributed by atoms with E-state index in [1.54, 1.807) is 0 Å². The molecular formula is C19H28N2O4. The molecular weight excluding hydrogens is 320 g/mol. The highest BCUT2D eigenvalue weighted by Crippen LogP contribution is 2.64. The van der Waals surface area contributed by atoms with Gasteiger partial charge in [0.2, 0.25) is 0 Å². The Bertz CT molecular complexity index is 672. The summed E-state index contributed by atoms with van der Waals surface area (Å²) in [6.45, 7) is 4.36. The van der Waals surface area contributed by atoms with E-state index in [4.69, 9.17) is 0 Å². The normalized spacial score (nSPS) is 52.5. The molecule has 0 aromatic rings. The lowest BCUT2D eigenvalue weighted by Crippen LogP contribution is -2.60. The smallest absolute Gasteiger partial charge is 0.115 e. The van der Waals surface area contributed by atoms with Crippen molar-refractivity contribution in [3.05, 3.63) is 11.6 Å². The number of hydrogen-bond donors (Lipinski definition) is 4. The third kappa shape index (κ3) is 2.10. The summed E-state index contributed by atoms with van der Waals surface area (Å²) in [6.07, 6.45) is 5.72. The van der Waals surface area contributed by atoms with Crippen LogP contribution in [0.5, 0.6) is 0 Å². The van der Waals surface area contributed by atoms with E-state index in [9.17, 15) is 20.6 Å². The molecule has 0 spiro atoms. The third-order valence-electron chi connectivity index (χ3n) is 8.01. The molecule has 4 aliphatic rings. The minimum atomic E-state index is -1.02. The number of aliphatic hydroxyl groups excluding tert-OH is 2. The van der Waals surface area contributed by atoms with Crippen LogP contribution in [0.15, 0.2) is 22.0 Å². The molecule has 3 saturated carbocycles. The van der Waals surface area contributed by atoms with E-state index in [2.05, 4.69) is 17.2 Å². The van der Waals surface area contributed by atoms with Crippen LogP contribution in [-0.4, -0.2) is 44.3 Å². The Balaban J connectivity index is 1.85. The van der Waals surface area contributed by atoms with Gasteiger partial charge in [0.25, 0.3) is 0 Å². The highest BCUT2D eigenvalue weighted by atomic mass is 16.4. The lowest BCUT2D eigenvalue weighted by atomic mass is 9.47. The molecule has 0 saturated heterocycles. The van der Waals surface area contributed by atoms with Gasteiger partial charge in [-0.1, -0.05) is 36.2 Å². The van der Waals surface area contributed by atoms with E-state index in [-0.39, 0.29) is 23.0 Å². The number of hydrogen-bond acceptors (Lipinski definition) is 6. The fourth-order valence-corrected chi connectivity index (χ4v) is 6.56. The van der Waals surface area contributed by atoms with Gasteiger partial charge in [0.15, 0.2) is 0 Å². The molecule has 4 aliphatic carbocycles. The van der Waals surface area contributed by atoms with Crippen molar-refractivity contribution in [2.75, 3.05) is 0 Å². The van der Waals surface area contributed by atoms with E-state index in [1.165, 1.54) is 12.8 Å². The zero-order valence-electron chi connectivity index (χ0n) is 14.9. The predicted molar refractivity (Wildman–Crippen MR) is 92.9 cm³/mol. The molecule has 0 bridgehead atoms. The van der Waals surface area contributed by atoms with Gasteiger partial charge in [0, 0.05) is 17.8 Å². The Hall–Kier alpha value is -1.40. The van der Waals surface area contributed by atoms with Crippen molar-refractivity contribution >= 4 is 11.4 Å². The van der Waals surface area contributed by atoms with Gasteiger partial charge in [-0.2, -0.15) is 0 Å². The molecule has 0 heterocycles. The minimum Gasteiger partial charge on any atom is -0.411 e. The van der Waals surface area contributed by atoms with Crippen LogP contribution in [0.4, 0.5) is 0 Å². The van der Waals surface area contributed by atoms with Crippen LogP contribution in [-0.2, 0) is 0 Å². The lowest BCUT2D eigenvalue weighted by Gasteiger charge is -2.58. The maximum atomic E-state index is 11.0. The summed E-state index contributed by atoms with van der Waals surface area (Å²) in [5, 5.41) is 47.1. The van der Waals surface area contributed by atoms with Crippen LogP contribution in [0, 0.1) is 28.6 Å². The van der Waals surface area contributed by atoms with Crippen LogP contribution < -0.4 is 0 Å². The number of oxime groups is 2. The molecule has 3 fully saturated rings. The van der Waals surface area contributed by atoms with Crippen molar-refractivity contribution in [3.8, 4) is 0 Å². The third-order valence-corrected chi connectivity index (χ3v) is 8.01. The standard InChI is InChI=1S/C19H28N2O4/c1-18-6-3-4-11(18)15-12(5-7-18)19(2)10(8-13(15)20-24)9-14(22)16(21-25)17(19)23/h8,11-12,14-15,17,22-25H,3-7,9H2,1-2H3/t11-,12-,14+,15-,17+,18-,19-/m0/s1. The van der Waals surface area contributed by atoms with E-state index in [0.29, 0.717) is 18.1 Å². The summed E-state index contributed by atoms with van der Waals surface area (Å²) in [6, 6.07) is 0. The predicted octanol–water partition coefficient (Wildman–Crippen LogP) is 2.55. The molecule has 0 aliphatic heterocycles. The summed E-state index contributed by atoms with van der Waals surface area (Å²) in [5.41, 5.74) is 1.33. The molecule has 0 aromatic carbocycles. The SMILES string of the molecule is C[C@@]12CCC[C@H]1[C@@H]1C(=NO)C=C3C[C@@H](O)C(=NO)[C@@H](O)[C@]3(C)[C@H]1CC2. The number of allylic oxidation sites excluding steroid dienone is 1. The van der Waals surface area contributed by atoms with Gasteiger partial charge >= 0.3 is 0 Å². The lowest BCUT2D eigenvalue weighted by molar-refractivity contribution is -0.0367. The summed E-state index contributed by atoms with van der Waals surface area (Å²) >= 11 is 0. The Morgan fingerprint density at radius 3 is 2.48 bits per heavy atom. The molecule has 0 aromatic heterocycles. The maximum absolute atomic E-state index is 11.0. The minimum absolute atomic E-state index is 0.0579. The number of fused-ring (bicyclic) bond motifs is 5. The zero-order chi connectivity index (χ0) is 18.0. The molecule has 4 rings (SSSR count). The second kappa shape index (κ2) is 5.55. The molecule has 6 heteroatoms. The number of nitrogens with zero attached hydrogens (tertiary/aromatic N) is 2. The van der Waals surface area contributed by atoms with Gasteiger partial charge < -0.3 is 20.6 Å². The van der Waals surface area contributed by atoms with E-state index in [1.807, 2.05) is 13.0 Å². The molecule has 0 radical (unpaired) electrons. The van der Waals surface area contributed by atoms with Crippen LogP contribution in [0.2, 0.25) is 0 Å². The van der Waals surface area contributed by atoms with Crippen LogP contribution in [0.25, 0.3) is 0 Å². The Labute approximate surface area is 147 Å². The molecule has 0 amide bonds. The average molecular weight is 348 g/mol. The molecule has 6 nitrogen and oxygen atoms in total. The largest absolute Gasteiger partial charge is 0.411 e. The van der Waals surface area contributed by atoms with Gasteiger partial charge in [-0.15, -0.1) is 0 Å². The first-order chi connectivity index (χ1) is 11.9. The van der Waals surface area contributed by atoms with Crippen LogP contribution >= 0.6 is 0 Å². The van der Waals surface area contributed by atoms with Gasteiger partial charge in [-0.05, 0) is 49.0 Å². The molecule has 0 unspecified atom stereocenters. The topological polar surface area (TPSA) is 106 Å². The van der Waals surface area contributed by atoms with Crippen molar-refractivity contribution in [3.63, 3.8) is 0 Å². The van der Waals surface area contributed by atoms with E-state index in [0.717, 1.165) is 24.8 Å². The highest BCUT2D eigenvalue weighted by Gasteiger charge is 2.61. The van der Waals surface area contributed by atoms with Crippen LogP contribution in [0.1, 0.15) is 52.4 Å². The summed E-state index contributed by atoms with van der Waals surface area (Å²) in [4.78, 5) is 0. The maximum Gasteiger partial charge on any atom is 0.115 e. The Kier molecular flexibility index (Phi) is 3.78. The fraction of sp³-hybridized carbons (Fsp3) is 0.789. The zero-order valence-corrected chi connectivity index (χ0v) is 14.9. The van der Waals surface area contributed by atoms with Crippen molar-refractivity contribution in [1.82, 2.24) is 0 Å². The van der Waals surface area contributed by atoms with Crippen molar-refractivity contribution in [1.29, 1.82) is 0 Å². The van der Waals surface area contributed by atoms with Gasteiger partial charge in [0.05, 0.1) is 5.71 Å². The number of rotatable bonds is 0. The summed E-state index contributed by atoms with van der Waals surface area (Å²) in [5.74, 6) is 0.666. The molecule has 25 heavy (non-hydrogen) atoms. The van der Waals surface area contributed by atoms with Gasteiger partial charge in [0.1, 0.15) is 17.9 Å². The van der Waals surface area contributed by atoms with E-state index >= 15 is 0 Å². The average Bonchev–Trinajstić information content (AvgIpc) is 2.98. The summed E-state index contributed by atoms with van der Waals surface area (Å²) in [7, 11) is 0. The van der Waals surface area contributed by atoms with Crippen molar-refractivity contribution in [2.24, 2.45) is 38.9 Å². The Morgan fingerprint density at radius 2 is 1.80 bits per heavy atom. The molecule has 138 valence electrons. The first-order valence-electron chi connectivity index (χ1n) is 9.38. The highest BCUT2D eigenvalue weighted by molar-refractivity contribution is 6.01. The van der Waals surface area contributed by atoms with Gasteiger partial charge in [-0.25, -0.2) is 0 Å². The monoisotopic (exact) mass is 348 g/mol. The first kappa shape index (κ1) is 17.0. The summed E-state index contributed by atoms with van der Waals surface area (Å²) < 4.78 is 0. The van der Waals surface area contributed by atoms with Crippen LogP contribution in [0.3, 0.4) is 0 Å².